The van der Waals surface area contributed by atoms with Crippen LogP contribution in [0, 0.1) is 0 Å². The molecule has 1 atom stereocenters. The minimum absolute atomic E-state index is 0.125. The van der Waals surface area contributed by atoms with Crippen LogP contribution in [0.15, 0.2) is 29.6 Å². The van der Waals surface area contributed by atoms with Crippen molar-refractivity contribution >= 4 is 35.1 Å². The van der Waals surface area contributed by atoms with Crippen LogP contribution >= 0.6 is 11.8 Å². The summed E-state index contributed by atoms with van der Waals surface area (Å²) in [5.41, 5.74) is 2.11. The number of fused-ring (bicyclic) bond motifs is 1. The van der Waals surface area contributed by atoms with Crippen molar-refractivity contribution in [2.24, 2.45) is 7.05 Å². The number of amides is 3. The predicted molar refractivity (Wildman–Crippen MR) is 101 cm³/mol. The maximum absolute atomic E-state index is 12.2. The number of nitrogens with zero attached hydrogens (tertiary/aromatic N) is 3. The van der Waals surface area contributed by atoms with Gasteiger partial charge < -0.3 is 24.8 Å². The zero-order valence-corrected chi connectivity index (χ0v) is 15.9. The fourth-order valence-corrected chi connectivity index (χ4v) is 3.26. The number of nitrogens with one attached hydrogen (secondary N) is 2. The number of hydrogen-bond acceptors (Lipinski definition) is 5. The van der Waals surface area contributed by atoms with Gasteiger partial charge >= 0.3 is 6.03 Å². The van der Waals surface area contributed by atoms with E-state index in [1.165, 1.54) is 4.90 Å². The van der Waals surface area contributed by atoms with Crippen molar-refractivity contribution in [3.05, 3.63) is 30.1 Å². The van der Waals surface area contributed by atoms with Crippen molar-refractivity contribution in [3.63, 3.8) is 0 Å². The number of carbonyl (C=O) groups is 2. The molecule has 0 aliphatic carbocycles. The lowest BCUT2D eigenvalue weighted by atomic mass is 10.2. The fraction of sp³-hybridized carbons (Fsp3) is 0.353. The van der Waals surface area contributed by atoms with Gasteiger partial charge in [-0.15, -0.1) is 0 Å². The van der Waals surface area contributed by atoms with E-state index in [4.69, 9.17) is 4.74 Å². The van der Waals surface area contributed by atoms with Crippen LogP contribution in [0.25, 0.3) is 0 Å². The Morgan fingerprint density at radius 2 is 2.15 bits per heavy atom. The number of thioether (sulfide) groups is 1. The molecule has 0 unspecified atom stereocenters. The summed E-state index contributed by atoms with van der Waals surface area (Å²) in [5.74, 6) is 0.491. The van der Waals surface area contributed by atoms with Crippen molar-refractivity contribution in [2.75, 3.05) is 23.5 Å². The monoisotopic (exact) mass is 375 g/mol. The Bertz CT molecular complexity index is 851. The third kappa shape index (κ3) is 3.48. The van der Waals surface area contributed by atoms with Gasteiger partial charge in [0.1, 0.15) is 5.75 Å². The van der Waals surface area contributed by atoms with Crippen LogP contribution in [0.2, 0.25) is 0 Å². The molecule has 0 saturated carbocycles. The Kier molecular flexibility index (Phi) is 5.08. The van der Waals surface area contributed by atoms with E-state index in [1.54, 1.807) is 50.1 Å². The first-order valence-electron chi connectivity index (χ1n) is 8.08. The molecule has 1 aromatic carbocycles. The second-order valence-corrected chi connectivity index (χ2v) is 6.72. The van der Waals surface area contributed by atoms with Gasteiger partial charge in [-0.05, 0) is 31.4 Å². The van der Waals surface area contributed by atoms with Crippen molar-refractivity contribution in [2.45, 2.75) is 24.7 Å². The molecule has 2 N–H and O–H groups in total. The summed E-state index contributed by atoms with van der Waals surface area (Å²) >= 11 is 1.55. The molecule has 2 aromatic rings. The number of rotatable bonds is 4. The van der Waals surface area contributed by atoms with Crippen LogP contribution in [0.3, 0.4) is 0 Å². The van der Waals surface area contributed by atoms with E-state index < -0.39 is 6.10 Å². The Balaban J connectivity index is 1.65. The maximum atomic E-state index is 12.2. The highest BCUT2D eigenvalue weighted by Gasteiger charge is 2.29. The van der Waals surface area contributed by atoms with E-state index in [2.05, 4.69) is 15.6 Å². The smallest absolute Gasteiger partial charge is 0.319 e. The summed E-state index contributed by atoms with van der Waals surface area (Å²) in [6.45, 7) is 2.07. The van der Waals surface area contributed by atoms with Crippen LogP contribution in [-0.4, -0.2) is 40.9 Å². The van der Waals surface area contributed by atoms with Gasteiger partial charge in [0.2, 0.25) is 0 Å². The van der Waals surface area contributed by atoms with Crippen molar-refractivity contribution in [1.82, 2.24) is 14.9 Å². The normalized spacial score (nSPS) is 16.1. The van der Waals surface area contributed by atoms with Gasteiger partial charge in [-0.3, -0.25) is 4.79 Å². The summed E-state index contributed by atoms with van der Waals surface area (Å²) in [7, 11) is 3.60. The molecule has 0 saturated heterocycles. The van der Waals surface area contributed by atoms with Gasteiger partial charge in [-0.25, -0.2) is 9.78 Å². The molecule has 1 aliphatic heterocycles. The number of ether oxygens (including phenoxy) is 1. The van der Waals surface area contributed by atoms with Gasteiger partial charge in [-0.1, -0.05) is 11.8 Å². The van der Waals surface area contributed by atoms with Crippen LogP contribution in [0.1, 0.15) is 12.6 Å². The number of likely N-dealkylation sites (N-methyl/N-ethyl adjacent to an activating group) is 1. The molecular weight excluding hydrogens is 354 g/mol. The van der Waals surface area contributed by atoms with Gasteiger partial charge in [0.25, 0.3) is 5.91 Å². The highest BCUT2D eigenvalue weighted by Crippen LogP contribution is 2.35. The maximum Gasteiger partial charge on any atom is 0.319 e. The quantitative estimate of drug-likeness (QED) is 0.800. The highest BCUT2D eigenvalue weighted by molar-refractivity contribution is 7.98. The number of aromatic nitrogens is 2. The lowest BCUT2D eigenvalue weighted by Gasteiger charge is -2.30. The molecule has 1 aromatic heterocycles. The number of urea groups is 1. The van der Waals surface area contributed by atoms with E-state index >= 15 is 0 Å². The number of imidazole rings is 1. The molecule has 0 fully saturated rings. The summed E-state index contributed by atoms with van der Waals surface area (Å²) < 4.78 is 7.51. The zero-order chi connectivity index (χ0) is 18.8. The van der Waals surface area contributed by atoms with Crippen molar-refractivity contribution in [1.29, 1.82) is 0 Å². The van der Waals surface area contributed by atoms with Gasteiger partial charge in [0.05, 0.1) is 24.1 Å². The molecule has 0 spiro atoms. The lowest BCUT2D eigenvalue weighted by molar-refractivity contribution is -0.125. The minimum Gasteiger partial charge on any atom is -0.479 e. The number of hydrogen-bond donors (Lipinski definition) is 2. The summed E-state index contributed by atoms with van der Waals surface area (Å²) in [6, 6.07) is 4.87. The molecule has 0 radical (unpaired) electrons. The second-order valence-electron chi connectivity index (χ2n) is 5.94. The number of carbonyl (C=O) groups excluding carboxylic acids is 2. The molecule has 2 heterocycles. The molecule has 1 aliphatic rings. The van der Waals surface area contributed by atoms with E-state index in [1.807, 2.05) is 17.9 Å². The number of anilines is 2. The third-order valence-electron chi connectivity index (χ3n) is 4.21. The fourth-order valence-electron chi connectivity index (χ4n) is 2.71. The lowest BCUT2D eigenvalue weighted by Crippen LogP contribution is -2.42. The topological polar surface area (TPSA) is 88.5 Å². The van der Waals surface area contributed by atoms with Crippen LogP contribution in [0.5, 0.6) is 5.75 Å². The predicted octanol–water partition coefficient (Wildman–Crippen LogP) is 2.21. The van der Waals surface area contributed by atoms with E-state index in [0.717, 1.165) is 10.9 Å². The molecular formula is C17H21N5O3S. The first-order valence-corrected chi connectivity index (χ1v) is 9.31. The first-order chi connectivity index (χ1) is 12.4. The molecule has 3 amide bonds. The molecule has 26 heavy (non-hydrogen) atoms. The van der Waals surface area contributed by atoms with Crippen molar-refractivity contribution < 1.29 is 14.3 Å². The minimum atomic E-state index is -0.514. The average molecular weight is 375 g/mol. The molecule has 3 rings (SSSR count). The number of benzene rings is 1. The van der Waals surface area contributed by atoms with E-state index in [0.29, 0.717) is 23.7 Å². The Morgan fingerprint density at radius 1 is 1.38 bits per heavy atom. The van der Waals surface area contributed by atoms with E-state index in [-0.39, 0.29) is 11.9 Å². The largest absolute Gasteiger partial charge is 0.479 e. The van der Waals surface area contributed by atoms with E-state index in [9.17, 15) is 9.59 Å². The average Bonchev–Trinajstić information content (AvgIpc) is 2.98. The molecule has 138 valence electrons. The zero-order valence-electron chi connectivity index (χ0n) is 15.1. The summed E-state index contributed by atoms with van der Waals surface area (Å²) in [4.78, 5) is 30.0. The third-order valence-corrected chi connectivity index (χ3v) is 4.96. The highest BCUT2D eigenvalue weighted by atomic mass is 32.2. The van der Waals surface area contributed by atoms with Gasteiger partial charge in [-0.2, -0.15) is 0 Å². The van der Waals surface area contributed by atoms with Gasteiger partial charge in [0, 0.05) is 19.8 Å². The van der Waals surface area contributed by atoms with Crippen LogP contribution in [0.4, 0.5) is 16.2 Å². The Labute approximate surface area is 155 Å². The SMILES string of the molecule is CSc1ncc(CNC(=O)Nc2ccc3c(c2)N(C)C(=O)[C@H](C)O3)n1C. The molecule has 9 heteroatoms. The molecule has 8 nitrogen and oxygen atoms in total. The summed E-state index contributed by atoms with van der Waals surface area (Å²) in [6.07, 6.45) is 3.18. The second kappa shape index (κ2) is 7.28. The Hall–Kier alpha value is -2.68. The Morgan fingerprint density at radius 3 is 2.85 bits per heavy atom. The summed E-state index contributed by atoms with van der Waals surface area (Å²) in [5, 5.41) is 6.46. The standard InChI is InChI=1S/C17H21N5O3S/c1-10-15(23)22(3)13-7-11(5-6-14(13)25-10)20-16(24)18-8-12-9-19-17(26-4)21(12)2/h5-7,9-10H,8H2,1-4H3,(H2,18,20,24)/t10-/m0/s1. The first kappa shape index (κ1) is 18.1. The van der Waals surface area contributed by atoms with Gasteiger partial charge in [0.15, 0.2) is 11.3 Å². The van der Waals surface area contributed by atoms with Crippen LogP contribution in [-0.2, 0) is 18.4 Å². The van der Waals surface area contributed by atoms with Crippen molar-refractivity contribution in [3.8, 4) is 5.75 Å². The molecule has 0 bridgehead atoms. The van der Waals surface area contributed by atoms with Crippen LogP contribution < -0.4 is 20.3 Å².